The van der Waals surface area contributed by atoms with Gasteiger partial charge in [-0.3, -0.25) is 4.79 Å². The largest absolute Gasteiger partial charge is 0.448 e. The van der Waals surface area contributed by atoms with Gasteiger partial charge in [-0.15, -0.1) is 5.10 Å². The first-order chi connectivity index (χ1) is 22.0. The number of aromatic nitrogens is 2. The van der Waals surface area contributed by atoms with Gasteiger partial charge in [-0.25, -0.2) is 9.59 Å². The number of hydrogen-bond acceptors (Lipinski definition) is 8. The maximum Gasteiger partial charge on any atom is 0.435 e. The van der Waals surface area contributed by atoms with Crippen molar-refractivity contribution in [2.75, 3.05) is 43.6 Å². The first-order valence-corrected chi connectivity index (χ1v) is 15.1. The van der Waals surface area contributed by atoms with Gasteiger partial charge in [0.05, 0.1) is 30.4 Å². The summed E-state index contributed by atoms with van der Waals surface area (Å²) in [4.78, 5) is 43.6. The molecule has 3 aromatic carbocycles. The molecule has 4 aromatic rings. The summed E-state index contributed by atoms with van der Waals surface area (Å²) in [5.41, 5.74) is 9.30. The summed E-state index contributed by atoms with van der Waals surface area (Å²) in [6.07, 6.45) is -0.638. The number of nitrogen functional groups attached to an aromatic ring is 1. The molecule has 12 heteroatoms. The predicted molar refractivity (Wildman–Crippen MR) is 178 cm³/mol. The molecule has 240 valence electrons. The van der Waals surface area contributed by atoms with Gasteiger partial charge >= 0.3 is 12.1 Å². The van der Waals surface area contributed by atoms with Crippen molar-refractivity contribution in [1.29, 1.82) is 0 Å². The van der Waals surface area contributed by atoms with Crippen LogP contribution in [-0.4, -0.2) is 64.9 Å². The van der Waals surface area contributed by atoms with E-state index in [1.807, 2.05) is 69.2 Å². The van der Waals surface area contributed by atoms with Crippen molar-refractivity contribution < 1.29 is 19.1 Å². The van der Waals surface area contributed by atoms with Gasteiger partial charge in [0, 0.05) is 34.7 Å². The van der Waals surface area contributed by atoms with Gasteiger partial charge in [0.15, 0.2) is 5.82 Å². The maximum atomic E-state index is 13.9. The minimum Gasteiger partial charge on any atom is -0.448 e. The summed E-state index contributed by atoms with van der Waals surface area (Å²) in [7, 11) is 3.92. The van der Waals surface area contributed by atoms with Crippen LogP contribution in [-0.2, 0) is 16.8 Å². The van der Waals surface area contributed by atoms with Gasteiger partial charge in [-0.1, -0.05) is 36.4 Å². The summed E-state index contributed by atoms with van der Waals surface area (Å²) in [6, 6.07) is 23.1. The van der Waals surface area contributed by atoms with Crippen molar-refractivity contribution in [3.05, 3.63) is 101 Å². The molecule has 0 unspecified atom stereocenters. The summed E-state index contributed by atoms with van der Waals surface area (Å²) in [5.74, 6) is 0.123. The van der Waals surface area contributed by atoms with Gasteiger partial charge in [0.25, 0.3) is 5.91 Å². The lowest BCUT2D eigenvalue weighted by Gasteiger charge is -2.34. The van der Waals surface area contributed by atoms with Crippen LogP contribution >= 0.6 is 0 Å². The van der Waals surface area contributed by atoms with Gasteiger partial charge < -0.3 is 36.2 Å². The Kier molecular flexibility index (Phi) is 9.28. The number of ether oxygens (including phenoxy) is 1. The number of rotatable bonds is 9. The lowest BCUT2D eigenvalue weighted by Crippen LogP contribution is -2.49. The highest BCUT2D eigenvalue weighted by Gasteiger charge is 2.47. The highest BCUT2D eigenvalue weighted by molar-refractivity contribution is 6.04. The van der Waals surface area contributed by atoms with Crippen molar-refractivity contribution in [2.45, 2.75) is 38.9 Å². The molecule has 3 amide bonds. The molecule has 2 heterocycles. The second-order valence-electron chi connectivity index (χ2n) is 11.9. The van der Waals surface area contributed by atoms with E-state index in [1.165, 1.54) is 4.68 Å². The summed E-state index contributed by atoms with van der Waals surface area (Å²) in [5, 5.41) is 14.0. The number of hydrogen-bond donors (Lipinski definition) is 4. The molecule has 5 rings (SSSR count). The van der Waals surface area contributed by atoms with Crippen molar-refractivity contribution in [3.8, 4) is 0 Å². The molecule has 46 heavy (non-hydrogen) atoms. The van der Waals surface area contributed by atoms with Crippen molar-refractivity contribution in [3.63, 3.8) is 0 Å². The van der Waals surface area contributed by atoms with E-state index in [1.54, 1.807) is 54.3 Å². The predicted octanol–water partition coefficient (Wildman–Crippen LogP) is 5.53. The van der Waals surface area contributed by atoms with Gasteiger partial charge in [-0.2, -0.15) is 4.68 Å². The fourth-order valence-corrected chi connectivity index (χ4v) is 5.62. The molecule has 0 saturated carbocycles. The number of amides is 3. The first-order valence-electron chi connectivity index (χ1n) is 15.1. The normalized spacial score (nSPS) is 14.0. The first kappa shape index (κ1) is 32.0. The number of nitrogens with one attached hydrogen (secondary N) is 3. The van der Waals surface area contributed by atoms with Crippen LogP contribution in [0.5, 0.6) is 0 Å². The number of urea groups is 1. The topological polar surface area (TPSA) is 147 Å². The quantitative estimate of drug-likeness (QED) is 0.178. The minimum absolute atomic E-state index is 0.167. The second kappa shape index (κ2) is 13.3. The van der Waals surface area contributed by atoms with E-state index in [0.29, 0.717) is 46.2 Å². The van der Waals surface area contributed by atoms with Crippen LogP contribution in [0.25, 0.3) is 0 Å². The van der Waals surface area contributed by atoms with Crippen molar-refractivity contribution in [1.82, 2.24) is 24.9 Å². The average Bonchev–Trinajstić information content (AvgIpc) is 3.52. The SMILES string of the molecule is CCOC(=O)n1nc(Nc2cccc(NC(=O)c3ccc(N)cc3)c2)c2c1C(C)(C)N(C(=O)N[C@H](CN(C)C)c1ccccc1)C2. The number of carbonyl (C=O) groups is 3. The lowest BCUT2D eigenvalue weighted by molar-refractivity contribution is 0.102. The molecule has 0 spiro atoms. The molecular formula is C34H40N8O4. The standard InChI is InChI=1S/C34H40N8O4/c1-6-46-33(45)42-29-27(20-41(34(29,2)3)32(44)38-28(21-40(4)5)22-11-8-7-9-12-22)30(39-42)36-25-13-10-14-26(19-25)37-31(43)23-15-17-24(35)18-16-23/h7-19,28H,6,20-21,35H2,1-5H3,(H,36,39)(H,37,43)(H,38,44)/t28-/m1/s1. The minimum atomic E-state index is -0.909. The fraction of sp³-hybridized carbons (Fsp3) is 0.294. The molecule has 1 atom stereocenters. The Bertz CT molecular complexity index is 1720. The molecule has 1 aliphatic heterocycles. The zero-order valence-electron chi connectivity index (χ0n) is 26.7. The van der Waals surface area contributed by atoms with E-state index in [4.69, 9.17) is 10.5 Å². The highest BCUT2D eigenvalue weighted by atomic mass is 16.6. The number of nitrogens with two attached hydrogens (primary N) is 1. The van der Waals surface area contributed by atoms with E-state index in [-0.39, 0.29) is 31.1 Å². The van der Waals surface area contributed by atoms with Crippen LogP contribution in [0.4, 0.5) is 32.5 Å². The van der Waals surface area contributed by atoms with Crippen LogP contribution in [0, 0.1) is 0 Å². The number of likely N-dealkylation sites (N-methyl/N-ethyl adjacent to an activating group) is 1. The Hall–Kier alpha value is -5.36. The zero-order chi connectivity index (χ0) is 33.0. The Labute approximate surface area is 268 Å². The molecule has 0 fully saturated rings. The van der Waals surface area contributed by atoms with E-state index in [2.05, 4.69) is 21.0 Å². The molecule has 1 aliphatic rings. The van der Waals surface area contributed by atoms with Crippen molar-refractivity contribution >= 4 is 40.9 Å². The third-order valence-corrected chi connectivity index (χ3v) is 7.84. The van der Waals surface area contributed by atoms with E-state index in [0.717, 1.165) is 5.56 Å². The lowest BCUT2D eigenvalue weighted by atomic mass is 10.0. The number of benzene rings is 3. The Morgan fingerprint density at radius 2 is 1.70 bits per heavy atom. The highest BCUT2D eigenvalue weighted by Crippen LogP contribution is 2.43. The Morgan fingerprint density at radius 3 is 2.37 bits per heavy atom. The van der Waals surface area contributed by atoms with Crippen LogP contribution in [0.3, 0.4) is 0 Å². The molecule has 0 bridgehead atoms. The number of anilines is 4. The second-order valence-corrected chi connectivity index (χ2v) is 11.9. The summed E-state index contributed by atoms with van der Waals surface area (Å²) >= 11 is 0. The zero-order valence-corrected chi connectivity index (χ0v) is 26.7. The van der Waals surface area contributed by atoms with E-state index >= 15 is 0 Å². The number of fused-ring (bicyclic) bond motifs is 1. The van der Waals surface area contributed by atoms with Gasteiger partial charge in [-0.05, 0) is 82.9 Å². The fourth-order valence-electron chi connectivity index (χ4n) is 5.62. The Morgan fingerprint density at radius 1 is 1.00 bits per heavy atom. The number of carbonyl (C=O) groups excluding carboxylic acids is 3. The molecule has 1 aromatic heterocycles. The number of nitrogens with zero attached hydrogens (tertiary/aromatic N) is 4. The van der Waals surface area contributed by atoms with Crippen LogP contribution < -0.4 is 21.7 Å². The average molecular weight is 625 g/mol. The summed E-state index contributed by atoms with van der Waals surface area (Å²) in [6.45, 7) is 6.47. The molecule has 12 nitrogen and oxygen atoms in total. The summed E-state index contributed by atoms with van der Waals surface area (Å²) < 4.78 is 6.57. The molecule has 0 aliphatic carbocycles. The molecule has 0 saturated heterocycles. The van der Waals surface area contributed by atoms with Crippen LogP contribution in [0.1, 0.15) is 54.0 Å². The Balaban J connectivity index is 1.42. The van der Waals surface area contributed by atoms with E-state index < -0.39 is 11.6 Å². The smallest absolute Gasteiger partial charge is 0.435 e. The molecular weight excluding hydrogens is 584 g/mol. The third kappa shape index (κ3) is 6.81. The van der Waals surface area contributed by atoms with Gasteiger partial charge in [0.1, 0.15) is 0 Å². The molecule has 0 radical (unpaired) electrons. The monoisotopic (exact) mass is 624 g/mol. The van der Waals surface area contributed by atoms with Gasteiger partial charge in [0.2, 0.25) is 0 Å². The maximum absolute atomic E-state index is 13.9. The van der Waals surface area contributed by atoms with E-state index in [9.17, 15) is 14.4 Å². The van der Waals surface area contributed by atoms with Crippen molar-refractivity contribution in [2.24, 2.45) is 0 Å². The van der Waals surface area contributed by atoms with Crippen LogP contribution in [0.2, 0.25) is 0 Å². The molecule has 5 N–H and O–H groups in total. The third-order valence-electron chi connectivity index (χ3n) is 7.84. The van der Waals surface area contributed by atoms with Crippen LogP contribution in [0.15, 0.2) is 78.9 Å².